The van der Waals surface area contributed by atoms with Gasteiger partial charge < -0.3 is 25.1 Å². The number of aliphatic hydroxyl groups is 1. The highest BCUT2D eigenvalue weighted by Gasteiger charge is 2.60. The Balaban J connectivity index is 1.73. The third-order valence-electron chi connectivity index (χ3n) is 7.30. The second kappa shape index (κ2) is 11.4. The zero-order valence-electron chi connectivity index (χ0n) is 22.0. The lowest BCUT2D eigenvalue weighted by molar-refractivity contribution is -0.172. The molecule has 3 N–H and O–H groups in total. The molecule has 5 rings (SSSR count). The molecule has 0 spiro atoms. The average Bonchev–Trinajstić information content (AvgIpc) is 3.29. The van der Waals surface area contributed by atoms with Crippen molar-refractivity contribution in [2.24, 2.45) is 0 Å². The number of rotatable bonds is 9. The van der Waals surface area contributed by atoms with E-state index in [1.165, 1.54) is 7.11 Å². The van der Waals surface area contributed by atoms with Crippen LogP contribution in [0.15, 0.2) is 95.9 Å². The van der Waals surface area contributed by atoms with Gasteiger partial charge in [0.15, 0.2) is 29.6 Å². The Labute approximate surface area is 233 Å². The highest BCUT2D eigenvalue weighted by Crippen LogP contribution is 2.48. The zero-order chi connectivity index (χ0) is 29.2. The maximum Gasteiger partial charge on any atom is 0.351 e. The van der Waals surface area contributed by atoms with Gasteiger partial charge >= 0.3 is 5.69 Å². The lowest BCUT2D eigenvalue weighted by Crippen LogP contribution is -2.53. The number of methoxy groups -OCH3 is 1. The Morgan fingerprint density at radius 2 is 1.59 bits per heavy atom. The molecule has 2 heterocycles. The maximum absolute atomic E-state index is 16.5. The van der Waals surface area contributed by atoms with Crippen molar-refractivity contribution in [2.75, 3.05) is 26.1 Å². The molecule has 0 bridgehead atoms. The first kappa shape index (κ1) is 28.3. The minimum Gasteiger partial charge on any atom is -0.497 e. The van der Waals surface area contributed by atoms with E-state index in [2.05, 4.69) is 4.98 Å². The van der Waals surface area contributed by atoms with Crippen molar-refractivity contribution < 1.29 is 32.5 Å². The van der Waals surface area contributed by atoms with Crippen LogP contribution in [0.3, 0.4) is 0 Å². The van der Waals surface area contributed by atoms with Gasteiger partial charge in [-0.15, -0.1) is 0 Å². The molecule has 0 amide bonds. The summed E-state index contributed by atoms with van der Waals surface area (Å²) in [4.78, 5) is 15.9. The molecule has 0 radical (unpaired) electrons. The van der Waals surface area contributed by atoms with Gasteiger partial charge in [0.1, 0.15) is 24.1 Å². The first-order chi connectivity index (χ1) is 19.8. The van der Waals surface area contributed by atoms with Crippen molar-refractivity contribution in [1.29, 1.82) is 0 Å². The predicted octanol–water partition coefficient (Wildman–Crippen LogP) is 3.92. The van der Waals surface area contributed by atoms with E-state index < -0.39 is 60.3 Å². The number of nitrogens with zero attached hydrogens (tertiary/aromatic N) is 2. The Morgan fingerprint density at radius 3 is 2.10 bits per heavy atom. The van der Waals surface area contributed by atoms with E-state index in [0.29, 0.717) is 33.2 Å². The van der Waals surface area contributed by atoms with Crippen LogP contribution in [0.1, 0.15) is 22.9 Å². The second-order valence-electron chi connectivity index (χ2n) is 9.65. The summed E-state index contributed by atoms with van der Waals surface area (Å²) in [6.45, 7) is -2.39. The van der Waals surface area contributed by atoms with E-state index in [1.807, 2.05) is 0 Å². The molecule has 3 aromatic carbocycles. The Hall–Kier alpha value is -4.19. The van der Waals surface area contributed by atoms with Gasteiger partial charge in [-0.3, -0.25) is 4.57 Å². The van der Waals surface area contributed by atoms with Crippen molar-refractivity contribution in [1.82, 2.24) is 9.55 Å². The summed E-state index contributed by atoms with van der Waals surface area (Å²) in [5.41, 5.74) is 2.11. The fourth-order valence-electron chi connectivity index (χ4n) is 5.18. The summed E-state index contributed by atoms with van der Waals surface area (Å²) < 4.78 is 63.9. The van der Waals surface area contributed by atoms with E-state index >= 15 is 4.39 Å². The van der Waals surface area contributed by atoms with E-state index in [4.69, 9.17) is 19.9 Å². The molecule has 0 unspecified atom stereocenters. The lowest BCUT2D eigenvalue weighted by Gasteiger charge is -2.41. The molecule has 0 saturated carbocycles. The molecule has 1 aromatic heterocycles. The van der Waals surface area contributed by atoms with Crippen LogP contribution in [0.4, 0.5) is 19.0 Å². The minimum absolute atomic E-state index is 0.536. The molecule has 0 aliphatic carbocycles. The quantitative estimate of drug-likeness (QED) is 0.295. The van der Waals surface area contributed by atoms with E-state index in [9.17, 15) is 18.7 Å². The SMILES string of the molecule is COc1ccc(C(O[C@H]2[C@H](F)[C@H](n3cc(F)c(N)nc3=O)O[C@@]2(CO)CF)(c2ccccc2)c2ccccc2)cc1. The Kier molecular flexibility index (Phi) is 7.85. The van der Waals surface area contributed by atoms with Gasteiger partial charge in [-0.05, 0) is 28.8 Å². The number of hydrogen-bond donors (Lipinski definition) is 2. The minimum atomic E-state index is -2.26. The van der Waals surface area contributed by atoms with Gasteiger partial charge in [-0.1, -0.05) is 72.8 Å². The summed E-state index contributed by atoms with van der Waals surface area (Å²) in [7, 11) is 1.52. The first-order valence-electron chi connectivity index (χ1n) is 12.8. The summed E-state index contributed by atoms with van der Waals surface area (Å²) in [5, 5.41) is 10.4. The summed E-state index contributed by atoms with van der Waals surface area (Å²) in [6.07, 6.45) is -5.29. The number of aromatic nitrogens is 2. The van der Waals surface area contributed by atoms with Gasteiger partial charge in [0.05, 0.1) is 19.9 Å². The van der Waals surface area contributed by atoms with Crippen LogP contribution in [-0.2, 0) is 15.1 Å². The number of halogens is 3. The number of nitrogen functional groups attached to an aromatic ring is 1. The summed E-state index contributed by atoms with van der Waals surface area (Å²) in [6, 6.07) is 24.7. The van der Waals surface area contributed by atoms with Gasteiger partial charge in [0.2, 0.25) is 0 Å². The van der Waals surface area contributed by atoms with Crippen molar-refractivity contribution >= 4 is 5.82 Å². The number of ether oxygens (including phenoxy) is 3. The predicted molar refractivity (Wildman–Crippen MR) is 144 cm³/mol. The normalized spacial score (nSPS) is 22.5. The Morgan fingerprint density at radius 1 is 1.02 bits per heavy atom. The van der Waals surface area contributed by atoms with Crippen LogP contribution in [-0.4, -0.2) is 52.9 Å². The van der Waals surface area contributed by atoms with Crippen molar-refractivity contribution in [3.63, 3.8) is 0 Å². The summed E-state index contributed by atoms with van der Waals surface area (Å²) in [5.74, 6) is -1.22. The molecule has 1 aliphatic heterocycles. The van der Waals surface area contributed by atoms with Crippen LogP contribution in [0.2, 0.25) is 0 Å². The number of hydrogen-bond acceptors (Lipinski definition) is 7. The highest BCUT2D eigenvalue weighted by molar-refractivity contribution is 5.49. The maximum atomic E-state index is 16.5. The summed E-state index contributed by atoms with van der Waals surface area (Å²) >= 11 is 0. The van der Waals surface area contributed by atoms with Crippen LogP contribution in [0.25, 0.3) is 0 Å². The third-order valence-corrected chi connectivity index (χ3v) is 7.30. The number of nitrogens with two attached hydrogens (primary N) is 1. The average molecular weight is 568 g/mol. The largest absolute Gasteiger partial charge is 0.497 e. The van der Waals surface area contributed by atoms with E-state index in [1.54, 1.807) is 84.9 Å². The molecule has 1 aliphatic rings. The van der Waals surface area contributed by atoms with Gasteiger partial charge in [-0.25, -0.2) is 18.0 Å². The molecule has 11 heteroatoms. The van der Waals surface area contributed by atoms with E-state index in [0.717, 1.165) is 0 Å². The molecular formula is C30H28F3N3O5. The van der Waals surface area contributed by atoms with Crippen molar-refractivity contribution in [3.8, 4) is 5.75 Å². The number of aliphatic hydroxyl groups excluding tert-OH is 1. The fraction of sp³-hybridized carbons (Fsp3) is 0.267. The van der Waals surface area contributed by atoms with Gasteiger partial charge in [0, 0.05) is 0 Å². The standard InChI is InChI=1S/C30H28F3N3O5/c1-39-22-14-12-21(13-15-22)30(19-8-4-2-5-9-19,20-10-6-3-7-11-20)40-25-24(33)27(41-29(25,17-31)18-37)36-16-23(32)26(34)35-28(36)38/h2-16,24-25,27,37H,17-18H2,1H3,(H2,34,35,38)/t24-,25-,27+,29+/m0/s1. The number of benzene rings is 3. The molecule has 4 atom stereocenters. The zero-order valence-corrected chi connectivity index (χ0v) is 22.0. The molecule has 4 aromatic rings. The fourth-order valence-corrected chi connectivity index (χ4v) is 5.18. The smallest absolute Gasteiger partial charge is 0.351 e. The Bertz CT molecular complexity index is 1490. The monoisotopic (exact) mass is 567 g/mol. The van der Waals surface area contributed by atoms with Crippen LogP contribution >= 0.6 is 0 Å². The topological polar surface area (TPSA) is 109 Å². The number of alkyl halides is 2. The van der Waals surface area contributed by atoms with Gasteiger partial charge in [0.25, 0.3) is 0 Å². The first-order valence-corrected chi connectivity index (χ1v) is 12.8. The molecule has 1 fully saturated rings. The molecule has 214 valence electrons. The number of anilines is 1. The van der Waals surface area contributed by atoms with Crippen LogP contribution in [0.5, 0.6) is 5.75 Å². The third kappa shape index (κ3) is 4.86. The van der Waals surface area contributed by atoms with Crippen LogP contribution < -0.4 is 16.2 Å². The van der Waals surface area contributed by atoms with Crippen molar-refractivity contribution in [3.05, 3.63) is 124 Å². The van der Waals surface area contributed by atoms with Gasteiger partial charge in [-0.2, -0.15) is 4.98 Å². The molecule has 8 nitrogen and oxygen atoms in total. The molecular weight excluding hydrogens is 539 g/mol. The lowest BCUT2D eigenvalue weighted by atomic mass is 9.79. The second-order valence-corrected chi connectivity index (χ2v) is 9.65. The molecule has 1 saturated heterocycles. The molecule has 41 heavy (non-hydrogen) atoms. The van der Waals surface area contributed by atoms with Crippen molar-refractivity contribution in [2.45, 2.75) is 29.7 Å². The van der Waals surface area contributed by atoms with Crippen LogP contribution in [0, 0.1) is 5.82 Å². The highest BCUT2D eigenvalue weighted by atomic mass is 19.1. The van der Waals surface area contributed by atoms with E-state index in [-0.39, 0.29) is 0 Å².